The van der Waals surface area contributed by atoms with Gasteiger partial charge in [-0.25, -0.2) is 4.99 Å². The predicted molar refractivity (Wildman–Crippen MR) is 73.2 cm³/mol. The molecule has 1 saturated heterocycles. The van der Waals surface area contributed by atoms with Crippen molar-refractivity contribution >= 4 is 5.96 Å². The number of aliphatic hydroxyl groups excluding tert-OH is 1. The van der Waals surface area contributed by atoms with Crippen molar-refractivity contribution in [2.75, 3.05) is 19.7 Å². The van der Waals surface area contributed by atoms with Crippen molar-refractivity contribution in [3.05, 3.63) is 35.9 Å². The summed E-state index contributed by atoms with van der Waals surface area (Å²) in [5, 5.41) is 9.09. The van der Waals surface area contributed by atoms with Gasteiger partial charge in [-0.15, -0.1) is 0 Å². The first-order valence-corrected chi connectivity index (χ1v) is 6.49. The van der Waals surface area contributed by atoms with Crippen LogP contribution in [0, 0.1) is 5.92 Å². The Balaban J connectivity index is 1.86. The van der Waals surface area contributed by atoms with Crippen molar-refractivity contribution in [1.29, 1.82) is 0 Å². The van der Waals surface area contributed by atoms with E-state index >= 15 is 0 Å². The number of likely N-dealkylation sites (tertiary alicyclic amines) is 1. The number of piperidine rings is 1. The van der Waals surface area contributed by atoms with Gasteiger partial charge in [0.1, 0.15) is 0 Å². The summed E-state index contributed by atoms with van der Waals surface area (Å²) in [6.07, 6.45) is 2.00. The zero-order chi connectivity index (χ0) is 12.8. The fourth-order valence-corrected chi connectivity index (χ4v) is 2.20. The first kappa shape index (κ1) is 12.9. The molecule has 0 amide bonds. The Bertz CT molecular complexity index is 383. The molecule has 18 heavy (non-hydrogen) atoms. The fourth-order valence-electron chi connectivity index (χ4n) is 2.20. The van der Waals surface area contributed by atoms with E-state index in [1.54, 1.807) is 0 Å². The highest BCUT2D eigenvalue weighted by atomic mass is 16.3. The minimum Gasteiger partial charge on any atom is -0.396 e. The van der Waals surface area contributed by atoms with Crippen molar-refractivity contribution < 1.29 is 5.11 Å². The Morgan fingerprint density at radius 3 is 2.56 bits per heavy atom. The Hall–Kier alpha value is -1.55. The van der Waals surface area contributed by atoms with Crippen LogP contribution in [-0.2, 0) is 6.54 Å². The van der Waals surface area contributed by atoms with Crippen molar-refractivity contribution in [3.8, 4) is 0 Å². The summed E-state index contributed by atoms with van der Waals surface area (Å²) in [6, 6.07) is 10.1. The molecule has 1 aliphatic rings. The van der Waals surface area contributed by atoms with Crippen molar-refractivity contribution in [1.82, 2.24) is 4.90 Å². The summed E-state index contributed by atoms with van der Waals surface area (Å²) in [6.45, 7) is 2.71. The number of benzene rings is 1. The zero-order valence-electron chi connectivity index (χ0n) is 10.6. The van der Waals surface area contributed by atoms with Gasteiger partial charge < -0.3 is 15.7 Å². The minimum atomic E-state index is 0.287. The molecule has 1 heterocycles. The van der Waals surface area contributed by atoms with E-state index in [0.29, 0.717) is 18.4 Å². The highest BCUT2D eigenvalue weighted by Gasteiger charge is 2.19. The minimum absolute atomic E-state index is 0.287. The van der Waals surface area contributed by atoms with E-state index in [2.05, 4.69) is 22.0 Å². The van der Waals surface area contributed by atoms with Crippen LogP contribution in [0.25, 0.3) is 0 Å². The number of rotatable bonds is 3. The second kappa shape index (κ2) is 6.40. The predicted octanol–water partition coefficient (Wildman–Crippen LogP) is 1.21. The second-order valence-electron chi connectivity index (χ2n) is 4.77. The van der Waals surface area contributed by atoms with Gasteiger partial charge in [-0.2, -0.15) is 0 Å². The third kappa shape index (κ3) is 3.47. The van der Waals surface area contributed by atoms with Gasteiger partial charge in [0, 0.05) is 19.7 Å². The molecule has 0 aromatic heterocycles. The molecule has 4 nitrogen and oxygen atoms in total. The Morgan fingerprint density at radius 2 is 1.94 bits per heavy atom. The summed E-state index contributed by atoms with van der Waals surface area (Å²) in [5.74, 6) is 1.05. The Kier molecular flexibility index (Phi) is 4.59. The quantitative estimate of drug-likeness (QED) is 0.623. The van der Waals surface area contributed by atoms with Gasteiger partial charge in [0.05, 0.1) is 6.54 Å². The molecule has 1 aromatic carbocycles. The lowest BCUT2D eigenvalue weighted by Crippen LogP contribution is -2.43. The molecule has 0 spiro atoms. The normalized spacial score (nSPS) is 18.1. The number of nitrogens with zero attached hydrogens (tertiary/aromatic N) is 2. The van der Waals surface area contributed by atoms with E-state index in [4.69, 9.17) is 10.8 Å². The van der Waals surface area contributed by atoms with E-state index in [0.717, 1.165) is 25.9 Å². The lowest BCUT2D eigenvalue weighted by Gasteiger charge is -2.31. The van der Waals surface area contributed by atoms with Crippen LogP contribution in [0.2, 0.25) is 0 Å². The Morgan fingerprint density at radius 1 is 1.28 bits per heavy atom. The zero-order valence-corrected chi connectivity index (χ0v) is 10.6. The van der Waals surface area contributed by atoms with Crippen LogP contribution < -0.4 is 5.73 Å². The van der Waals surface area contributed by atoms with Gasteiger partial charge in [0.15, 0.2) is 5.96 Å². The fraction of sp³-hybridized carbons (Fsp3) is 0.500. The molecule has 1 aliphatic heterocycles. The van der Waals surface area contributed by atoms with Gasteiger partial charge in [-0.1, -0.05) is 30.3 Å². The number of hydrogen-bond donors (Lipinski definition) is 2. The molecule has 0 radical (unpaired) electrons. The lowest BCUT2D eigenvalue weighted by atomic mass is 9.98. The van der Waals surface area contributed by atoms with Crippen LogP contribution in [0.3, 0.4) is 0 Å². The number of guanidine groups is 1. The number of hydrogen-bond acceptors (Lipinski definition) is 2. The molecule has 0 bridgehead atoms. The van der Waals surface area contributed by atoms with Crippen molar-refractivity contribution in [2.45, 2.75) is 19.4 Å². The van der Waals surface area contributed by atoms with Crippen LogP contribution in [0.5, 0.6) is 0 Å². The van der Waals surface area contributed by atoms with E-state index in [1.165, 1.54) is 5.56 Å². The number of aliphatic hydroxyl groups is 1. The van der Waals surface area contributed by atoms with Gasteiger partial charge in [0.25, 0.3) is 0 Å². The van der Waals surface area contributed by atoms with Crippen LogP contribution in [0.4, 0.5) is 0 Å². The van der Waals surface area contributed by atoms with Crippen molar-refractivity contribution in [2.24, 2.45) is 16.6 Å². The maximum atomic E-state index is 9.09. The molecule has 1 fully saturated rings. The molecule has 2 rings (SSSR count). The number of aliphatic imine (C=N–C) groups is 1. The first-order valence-electron chi connectivity index (χ1n) is 6.49. The highest BCUT2D eigenvalue weighted by Crippen LogP contribution is 2.16. The summed E-state index contributed by atoms with van der Waals surface area (Å²) >= 11 is 0. The largest absolute Gasteiger partial charge is 0.396 e. The maximum absolute atomic E-state index is 9.09. The average Bonchev–Trinajstić information content (AvgIpc) is 2.46. The first-order chi connectivity index (χ1) is 8.79. The van der Waals surface area contributed by atoms with Crippen LogP contribution in [0.1, 0.15) is 18.4 Å². The van der Waals surface area contributed by atoms with Crippen LogP contribution in [-0.4, -0.2) is 35.7 Å². The summed E-state index contributed by atoms with van der Waals surface area (Å²) in [7, 11) is 0. The molecule has 98 valence electrons. The van der Waals surface area contributed by atoms with E-state index in [1.807, 2.05) is 18.2 Å². The van der Waals surface area contributed by atoms with Crippen LogP contribution in [0.15, 0.2) is 35.3 Å². The summed E-state index contributed by atoms with van der Waals surface area (Å²) < 4.78 is 0. The van der Waals surface area contributed by atoms with Gasteiger partial charge in [-0.3, -0.25) is 0 Å². The van der Waals surface area contributed by atoms with Gasteiger partial charge in [-0.05, 0) is 24.3 Å². The third-order valence-electron chi connectivity index (χ3n) is 3.46. The average molecular weight is 247 g/mol. The third-order valence-corrected chi connectivity index (χ3v) is 3.46. The van der Waals surface area contributed by atoms with Crippen molar-refractivity contribution in [3.63, 3.8) is 0 Å². The molecule has 0 saturated carbocycles. The van der Waals surface area contributed by atoms with E-state index in [9.17, 15) is 0 Å². The summed E-state index contributed by atoms with van der Waals surface area (Å²) in [5.41, 5.74) is 7.17. The molecule has 0 unspecified atom stereocenters. The van der Waals surface area contributed by atoms with E-state index in [-0.39, 0.29) is 6.61 Å². The molecule has 0 atom stereocenters. The smallest absolute Gasteiger partial charge is 0.191 e. The molecular weight excluding hydrogens is 226 g/mol. The standard InChI is InChI=1S/C14H21N3O/c15-14(16-10-12-4-2-1-3-5-12)17-8-6-13(11-18)7-9-17/h1-5,13,18H,6-11H2,(H2,15,16). The van der Waals surface area contributed by atoms with Crippen LogP contribution >= 0.6 is 0 Å². The molecule has 4 heteroatoms. The number of nitrogens with two attached hydrogens (primary N) is 1. The maximum Gasteiger partial charge on any atom is 0.191 e. The molecule has 3 N–H and O–H groups in total. The topological polar surface area (TPSA) is 61.8 Å². The summed E-state index contributed by atoms with van der Waals surface area (Å²) in [4.78, 5) is 6.53. The monoisotopic (exact) mass is 247 g/mol. The van der Waals surface area contributed by atoms with Gasteiger partial charge >= 0.3 is 0 Å². The molecular formula is C14H21N3O. The molecule has 0 aliphatic carbocycles. The lowest BCUT2D eigenvalue weighted by molar-refractivity contribution is 0.165. The Labute approximate surface area is 108 Å². The molecule has 1 aromatic rings. The van der Waals surface area contributed by atoms with E-state index < -0.39 is 0 Å². The highest BCUT2D eigenvalue weighted by molar-refractivity contribution is 5.78. The van der Waals surface area contributed by atoms with Gasteiger partial charge in [0.2, 0.25) is 0 Å². The SMILES string of the molecule is NC(=NCc1ccccc1)N1CCC(CO)CC1. The second-order valence-corrected chi connectivity index (χ2v) is 4.77.